The normalized spacial score (nSPS) is 11.2. The van der Waals surface area contributed by atoms with Crippen molar-refractivity contribution in [3.63, 3.8) is 0 Å². The number of anilines is 1. The fourth-order valence-electron chi connectivity index (χ4n) is 4.12. The van der Waals surface area contributed by atoms with E-state index in [4.69, 9.17) is 14.1 Å². The van der Waals surface area contributed by atoms with Crippen molar-refractivity contribution in [3.8, 4) is 17.2 Å². The second-order valence-electron chi connectivity index (χ2n) is 8.08. The maximum Gasteiger partial charge on any atom is 0.262 e. The minimum atomic E-state index is -0.242. The highest BCUT2D eigenvalue weighted by molar-refractivity contribution is 6.04. The summed E-state index contributed by atoms with van der Waals surface area (Å²) in [6.45, 7) is -0.0859. The van der Waals surface area contributed by atoms with Crippen molar-refractivity contribution in [1.82, 2.24) is 4.98 Å². The Labute approximate surface area is 195 Å². The molecule has 0 radical (unpaired) electrons. The molecule has 0 saturated heterocycles. The Kier molecular flexibility index (Phi) is 4.92. The van der Waals surface area contributed by atoms with Crippen molar-refractivity contribution in [2.24, 2.45) is 0 Å². The van der Waals surface area contributed by atoms with Crippen LogP contribution in [0.1, 0.15) is 0 Å². The zero-order valence-electron chi connectivity index (χ0n) is 18.2. The van der Waals surface area contributed by atoms with Crippen molar-refractivity contribution in [2.45, 2.75) is 0 Å². The van der Waals surface area contributed by atoms with Gasteiger partial charge in [-0.2, -0.15) is 0 Å². The molecule has 5 aromatic carbocycles. The Hall–Kier alpha value is -4.64. The standard InChI is InChI=1S/C29H20N2O3/c32-27(18-33-24-14-12-19-6-1-2-8-21(19)17-24)30-23-10-5-9-22(16-23)29-31-28-25-11-4-3-7-20(25)13-15-26(28)34-29/h1-17H,18H2,(H,30,32). The van der Waals surface area contributed by atoms with E-state index in [0.717, 1.165) is 38.2 Å². The van der Waals surface area contributed by atoms with E-state index in [1.165, 1.54) is 0 Å². The van der Waals surface area contributed by atoms with Gasteiger partial charge in [-0.05, 0) is 52.6 Å². The molecule has 0 atom stereocenters. The van der Waals surface area contributed by atoms with Gasteiger partial charge in [-0.15, -0.1) is 0 Å². The van der Waals surface area contributed by atoms with E-state index in [-0.39, 0.29) is 12.5 Å². The van der Waals surface area contributed by atoms with E-state index < -0.39 is 0 Å². The number of hydrogen-bond acceptors (Lipinski definition) is 4. The molecule has 164 valence electrons. The Morgan fingerprint density at radius 1 is 0.794 bits per heavy atom. The SMILES string of the molecule is O=C(COc1ccc2ccccc2c1)Nc1cccc(-c2nc3c(ccc4ccccc43)o2)c1. The van der Waals surface area contributed by atoms with Crippen molar-refractivity contribution >= 4 is 44.2 Å². The number of rotatable bonds is 5. The van der Waals surface area contributed by atoms with Gasteiger partial charge in [0, 0.05) is 16.6 Å². The summed E-state index contributed by atoms with van der Waals surface area (Å²) in [6, 6.07) is 33.3. The molecule has 0 aliphatic heterocycles. The van der Waals surface area contributed by atoms with E-state index in [2.05, 4.69) is 11.4 Å². The van der Waals surface area contributed by atoms with Crippen LogP contribution in [0.3, 0.4) is 0 Å². The number of oxazole rings is 1. The third-order valence-electron chi connectivity index (χ3n) is 5.77. The van der Waals surface area contributed by atoms with Gasteiger partial charge in [0.2, 0.25) is 5.89 Å². The van der Waals surface area contributed by atoms with Crippen LogP contribution in [0.25, 0.3) is 44.1 Å². The molecule has 0 fully saturated rings. The van der Waals surface area contributed by atoms with Gasteiger partial charge in [-0.1, -0.05) is 66.7 Å². The van der Waals surface area contributed by atoms with Crippen molar-refractivity contribution in [1.29, 1.82) is 0 Å². The number of aromatic nitrogens is 1. The summed E-state index contributed by atoms with van der Waals surface area (Å²) in [6.07, 6.45) is 0. The number of nitrogens with one attached hydrogen (secondary N) is 1. The van der Waals surface area contributed by atoms with Crippen LogP contribution in [-0.4, -0.2) is 17.5 Å². The highest BCUT2D eigenvalue weighted by Crippen LogP contribution is 2.30. The Bertz CT molecular complexity index is 1670. The number of hydrogen-bond donors (Lipinski definition) is 1. The summed E-state index contributed by atoms with van der Waals surface area (Å²) in [4.78, 5) is 17.2. The Morgan fingerprint density at radius 3 is 2.50 bits per heavy atom. The van der Waals surface area contributed by atoms with E-state index in [0.29, 0.717) is 17.3 Å². The first-order chi connectivity index (χ1) is 16.7. The van der Waals surface area contributed by atoms with Gasteiger partial charge < -0.3 is 14.5 Å². The first-order valence-corrected chi connectivity index (χ1v) is 11.0. The summed E-state index contributed by atoms with van der Waals surface area (Å²) in [5.74, 6) is 0.921. The first kappa shape index (κ1) is 20.0. The van der Waals surface area contributed by atoms with Crippen molar-refractivity contribution < 1.29 is 13.9 Å². The van der Waals surface area contributed by atoms with Gasteiger partial charge in [0.15, 0.2) is 12.2 Å². The lowest BCUT2D eigenvalue weighted by molar-refractivity contribution is -0.118. The Balaban J connectivity index is 1.19. The fourth-order valence-corrected chi connectivity index (χ4v) is 4.12. The Morgan fingerprint density at radius 2 is 1.59 bits per heavy atom. The molecule has 1 heterocycles. The topological polar surface area (TPSA) is 64.4 Å². The number of carbonyl (C=O) groups excluding carboxylic acids is 1. The summed E-state index contributed by atoms with van der Waals surface area (Å²) in [7, 11) is 0. The summed E-state index contributed by atoms with van der Waals surface area (Å²) >= 11 is 0. The molecule has 1 N–H and O–H groups in total. The van der Waals surface area contributed by atoms with Crippen LogP contribution in [0.5, 0.6) is 5.75 Å². The van der Waals surface area contributed by atoms with E-state index in [1.54, 1.807) is 0 Å². The van der Waals surface area contributed by atoms with E-state index in [9.17, 15) is 4.79 Å². The number of nitrogens with zero attached hydrogens (tertiary/aromatic N) is 1. The lowest BCUT2D eigenvalue weighted by Gasteiger charge is -2.09. The quantitative estimate of drug-likeness (QED) is 0.317. The van der Waals surface area contributed by atoms with Crippen LogP contribution >= 0.6 is 0 Å². The van der Waals surface area contributed by atoms with Crippen LogP contribution in [-0.2, 0) is 4.79 Å². The molecule has 0 aliphatic carbocycles. The van der Waals surface area contributed by atoms with Gasteiger partial charge in [-0.25, -0.2) is 4.98 Å². The number of fused-ring (bicyclic) bond motifs is 4. The molecule has 5 nitrogen and oxygen atoms in total. The van der Waals surface area contributed by atoms with Gasteiger partial charge >= 0.3 is 0 Å². The molecule has 5 heteroatoms. The summed E-state index contributed by atoms with van der Waals surface area (Å²) < 4.78 is 11.7. The largest absolute Gasteiger partial charge is 0.484 e. The monoisotopic (exact) mass is 444 g/mol. The minimum absolute atomic E-state index is 0.0859. The second-order valence-corrected chi connectivity index (χ2v) is 8.08. The van der Waals surface area contributed by atoms with Crippen LogP contribution in [0.4, 0.5) is 5.69 Å². The predicted octanol–water partition coefficient (Wildman–Crippen LogP) is 6.82. The summed E-state index contributed by atoms with van der Waals surface area (Å²) in [5.41, 5.74) is 2.99. The van der Waals surface area contributed by atoms with Crippen LogP contribution in [0.2, 0.25) is 0 Å². The molecule has 0 saturated carbocycles. The van der Waals surface area contributed by atoms with Gasteiger partial charge in [0.25, 0.3) is 5.91 Å². The van der Waals surface area contributed by atoms with Crippen molar-refractivity contribution in [2.75, 3.05) is 11.9 Å². The highest BCUT2D eigenvalue weighted by atomic mass is 16.5. The molecule has 0 aliphatic rings. The molecule has 1 amide bonds. The maximum absolute atomic E-state index is 12.5. The highest BCUT2D eigenvalue weighted by Gasteiger charge is 2.12. The molecule has 6 aromatic rings. The zero-order chi connectivity index (χ0) is 22.9. The van der Waals surface area contributed by atoms with Gasteiger partial charge in [0.1, 0.15) is 11.3 Å². The first-order valence-electron chi connectivity index (χ1n) is 11.0. The number of carbonyl (C=O) groups is 1. The molecule has 0 bridgehead atoms. The van der Waals surface area contributed by atoms with Gasteiger partial charge in [-0.3, -0.25) is 4.79 Å². The average Bonchev–Trinajstić information content (AvgIpc) is 3.33. The van der Waals surface area contributed by atoms with E-state index >= 15 is 0 Å². The van der Waals surface area contributed by atoms with E-state index in [1.807, 2.05) is 97.1 Å². The smallest absolute Gasteiger partial charge is 0.262 e. The third kappa shape index (κ3) is 3.84. The lowest BCUT2D eigenvalue weighted by atomic mass is 10.1. The zero-order valence-corrected chi connectivity index (χ0v) is 18.2. The van der Waals surface area contributed by atoms with Gasteiger partial charge in [0.05, 0.1) is 0 Å². The second kappa shape index (κ2) is 8.37. The minimum Gasteiger partial charge on any atom is -0.484 e. The van der Waals surface area contributed by atoms with Crippen LogP contribution in [0, 0.1) is 0 Å². The number of amides is 1. The van der Waals surface area contributed by atoms with Crippen LogP contribution < -0.4 is 10.1 Å². The average molecular weight is 444 g/mol. The molecule has 1 aromatic heterocycles. The lowest BCUT2D eigenvalue weighted by Crippen LogP contribution is -2.20. The third-order valence-corrected chi connectivity index (χ3v) is 5.77. The van der Waals surface area contributed by atoms with Crippen LogP contribution in [0.15, 0.2) is 108 Å². The summed E-state index contributed by atoms with van der Waals surface area (Å²) in [5, 5.41) is 7.25. The molecule has 6 rings (SSSR count). The molecule has 0 spiro atoms. The fraction of sp³-hybridized carbons (Fsp3) is 0.0345. The maximum atomic E-state index is 12.5. The molecular formula is C29H20N2O3. The molecule has 0 unspecified atom stereocenters. The number of benzene rings is 5. The van der Waals surface area contributed by atoms with Crippen molar-refractivity contribution in [3.05, 3.63) is 103 Å². The predicted molar refractivity (Wildman–Crippen MR) is 135 cm³/mol. The molecule has 34 heavy (non-hydrogen) atoms. The molecular weight excluding hydrogens is 424 g/mol. The number of ether oxygens (including phenoxy) is 1.